The smallest absolute Gasteiger partial charge is 0.305 e. The lowest BCUT2D eigenvalue weighted by molar-refractivity contribution is -0.141. The molecule has 1 aromatic carbocycles. The molecule has 0 aromatic heterocycles. The van der Waals surface area contributed by atoms with Crippen molar-refractivity contribution in [3.8, 4) is 0 Å². The van der Waals surface area contributed by atoms with E-state index in [1.54, 1.807) is 6.07 Å². The van der Waals surface area contributed by atoms with E-state index in [0.717, 1.165) is 32.1 Å². The van der Waals surface area contributed by atoms with E-state index in [1.807, 2.05) is 11.9 Å². The highest BCUT2D eigenvalue weighted by Gasteiger charge is 2.38. The molecule has 0 unspecified atom stereocenters. The molecule has 0 saturated heterocycles. The molecule has 0 aliphatic heterocycles. The van der Waals surface area contributed by atoms with Crippen LogP contribution in [-0.2, 0) is 11.3 Å². The highest BCUT2D eigenvalue weighted by molar-refractivity contribution is 6.30. The van der Waals surface area contributed by atoms with Gasteiger partial charge in [0.25, 0.3) is 0 Å². The van der Waals surface area contributed by atoms with E-state index in [0.29, 0.717) is 17.1 Å². The van der Waals surface area contributed by atoms with Gasteiger partial charge in [-0.1, -0.05) is 30.9 Å². The van der Waals surface area contributed by atoms with Gasteiger partial charge in [0.2, 0.25) is 0 Å². The maximum atomic E-state index is 13.9. The number of halogens is 2. The topological polar surface area (TPSA) is 40.5 Å². The van der Waals surface area contributed by atoms with Crippen LogP contribution < -0.4 is 0 Å². The Bertz CT molecular complexity index is 515. The number of nitrogens with zero attached hydrogens (tertiary/aromatic N) is 1. The number of benzene rings is 1. The van der Waals surface area contributed by atoms with Crippen molar-refractivity contribution in [2.24, 2.45) is 0 Å². The first-order chi connectivity index (χ1) is 9.93. The van der Waals surface area contributed by atoms with E-state index < -0.39 is 5.97 Å². The van der Waals surface area contributed by atoms with Gasteiger partial charge in [-0.15, -0.1) is 0 Å². The Morgan fingerprint density at radius 2 is 2.05 bits per heavy atom. The third kappa shape index (κ3) is 3.95. The van der Waals surface area contributed by atoms with Crippen molar-refractivity contribution in [2.75, 3.05) is 7.05 Å². The van der Waals surface area contributed by atoms with Gasteiger partial charge >= 0.3 is 5.97 Å². The number of rotatable bonds is 5. The summed E-state index contributed by atoms with van der Waals surface area (Å²) in [6, 6.07) is 4.49. The zero-order valence-corrected chi connectivity index (χ0v) is 13.0. The molecular formula is C16H21ClFNO2. The van der Waals surface area contributed by atoms with E-state index in [2.05, 4.69) is 0 Å². The molecule has 1 N–H and O–H groups in total. The Hall–Kier alpha value is -1.13. The SMILES string of the molecule is CN(Cc1cc(Cl)ccc1F)C1(CC(=O)O)CCCCC1. The zero-order chi connectivity index (χ0) is 15.5. The van der Waals surface area contributed by atoms with Crippen molar-refractivity contribution in [2.45, 2.75) is 50.6 Å². The second-order valence-electron chi connectivity index (χ2n) is 5.95. The van der Waals surface area contributed by atoms with Crippen LogP contribution in [-0.4, -0.2) is 28.6 Å². The average Bonchev–Trinajstić information content (AvgIpc) is 2.43. The van der Waals surface area contributed by atoms with Crippen LogP contribution in [0.15, 0.2) is 18.2 Å². The van der Waals surface area contributed by atoms with Crippen LogP contribution >= 0.6 is 11.6 Å². The van der Waals surface area contributed by atoms with Gasteiger partial charge in [-0.25, -0.2) is 4.39 Å². The van der Waals surface area contributed by atoms with Crippen LogP contribution in [0.25, 0.3) is 0 Å². The van der Waals surface area contributed by atoms with Crippen LogP contribution in [0.5, 0.6) is 0 Å². The van der Waals surface area contributed by atoms with Crippen LogP contribution in [0.4, 0.5) is 4.39 Å². The second-order valence-corrected chi connectivity index (χ2v) is 6.38. The predicted molar refractivity (Wildman–Crippen MR) is 80.9 cm³/mol. The summed E-state index contributed by atoms with van der Waals surface area (Å²) in [5.41, 5.74) is 0.138. The minimum absolute atomic E-state index is 0.103. The Balaban J connectivity index is 2.19. The first-order valence-electron chi connectivity index (χ1n) is 7.30. The molecule has 2 rings (SSSR count). The maximum absolute atomic E-state index is 13.9. The van der Waals surface area contributed by atoms with E-state index in [4.69, 9.17) is 11.6 Å². The maximum Gasteiger partial charge on any atom is 0.305 e. The Morgan fingerprint density at radius 1 is 1.38 bits per heavy atom. The van der Waals surface area contributed by atoms with Gasteiger partial charge in [-0.05, 0) is 38.1 Å². The summed E-state index contributed by atoms with van der Waals surface area (Å²) in [6.07, 6.45) is 4.98. The van der Waals surface area contributed by atoms with Crippen molar-refractivity contribution in [3.05, 3.63) is 34.6 Å². The number of hydrogen-bond donors (Lipinski definition) is 1. The molecular weight excluding hydrogens is 293 g/mol. The van der Waals surface area contributed by atoms with Gasteiger partial charge in [0.1, 0.15) is 5.82 Å². The Morgan fingerprint density at radius 3 is 2.67 bits per heavy atom. The number of hydrogen-bond acceptors (Lipinski definition) is 2. The standard InChI is InChI=1S/C16H21ClFNO2/c1-19(11-12-9-13(17)5-6-14(12)18)16(10-15(20)21)7-3-2-4-8-16/h5-6,9H,2-4,7-8,10-11H2,1H3,(H,20,21). The highest BCUT2D eigenvalue weighted by Crippen LogP contribution is 2.37. The van der Waals surface area contributed by atoms with Gasteiger partial charge in [0.05, 0.1) is 6.42 Å². The number of carbonyl (C=O) groups is 1. The van der Waals surface area contributed by atoms with Crippen molar-refractivity contribution in [1.82, 2.24) is 4.90 Å². The number of carboxylic acid groups (broad SMARTS) is 1. The van der Waals surface area contributed by atoms with E-state index in [9.17, 15) is 14.3 Å². The fourth-order valence-electron chi connectivity index (χ4n) is 3.27. The Labute approximate surface area is 129 Å². The fourth-order valence-corrected chi connectivity index (χ4v) is 3.47. The molecule has 1 saturated carbocycles. The quantitative estimate of drug-likeness (QED) is 0.890. The summed E-state index contributed by atoms with van der Waals surface area (Å²) in [7, 11) is 1.88. The molecule has 0 radical (unpaired) electrons. The molecule has 3 nitrogen and oxygen atoms in total. The van der Waals surface area contributed by atoms with Crippen molar-refractivity contribution >= 4 is 17.6 Å². The average molecular weight is 314 g/mol. The molecule has 1 aliphatic carbocycles. The normalized spacial score (nSPS) is 17.9. The minimum Gasteiger partial charge on any atom is -0.481 e. The highest BCUT2D eigenvalue weighted by atomic mass is 35.5. The number of carboxylic acids is 1. The largest absolute Gasteiger partial charge is 0.481 e. The summed E-state index contributed by atoms with van der Waals surface area (Å²) < 4.78 is 13.9. The molecule has 0 amide bonds. The van der Waals surface area contributed by atoms with E-state index in [-0.39, 0.29) is 17.8 Å². The van der Waals surface area contributed by atoms with E-state index >= 15 is 0 Å². The predicted octanol–water partition coefficient (Wildman–Crippen LogP) is 4.09. The molecule has 1 aromatic rings. The van der Waals surface area contributed by atoms with Crippen molar-refractivity contribution < 1.29 is 14.3 Å². The summed E-state index contributed by atoms with van der Waals surface area (Å²) in [4.78, 5) is 13.2. The lowest BCUT2D eigenvalue weighted by Crippen LogP contribution is -2.49. The minimum atomic E-state index is -0.796. The fraction of sp³-hybridized carbons (Fsp3) is 0.562. The summed E-state index contributed by atoms with van der Waals surface area (Å²) >= 11 is 5.93. The van der Waals surface area contributed by atoms with Gasteiger partial charge in [0.15, 0.2) is 0 Å². The molecule has 116 valence electrons. The molecule has 1 fully saturated rings. The van der Waals surface area contributed by atoms with Gasteiger partial charge in [0, 0.05) is 22.7 Å². The molecule has 0 bridgehead atoms. The number of aliphatic carboxylic acids is 1. The van der Waals surface area contributed by atoms with Crippen molar-refractivity contribution in [3.63, 3.8) is 0 Å². The zero-order valence-electron chi connectivity index (χ0n) is 12.2. The summed E-state index contributed by atoms with van der Waals surface area (Å²) in [5.74, 6) is -1.09. The van der Waals surface area contributed by atoms with Gasteiger partial charge in [-0.3, -0.25) is 9.69 Å². The summed E-state index contributed by atoms with van der Waals surface area (Å²) in [5, 5.41) is 9.72. The molecule has 0 spiro atoms. The first-order valence-corrected chi connectivity index (χ1v) is 7.68. The molecule has 21 heavy (non-hydrogen) atoms. The monoisotopic (exact) mass is 313 g/mol. The van der Waals surface area contributed by atoms with Gasteiger partial charge in [-0.2, -0.15) is 0 Å². The van der Waals surface area contributed by atoms with E-state index in [1.165, 1.54) is 12.1 Å². The lowest BCUT2D eigenvalue weighted by Gasteiger charge is -2.44. The molecule has 1 aliphatic rings. The third-order valence-electron chi connectivity index (χ3n) is 4.49. The Kier molecular flexibility index (Phi) is 5.22. The molecule has 5 heteroatoms. The van der Waals surface area contributed by atoms with Crippen LogP contribution in [0.1, 0.15) is 44.1 Å². The van der Waals surface area contributed by atoms with Crippen LogP contribution in [0.3, 0.4) is 0 Å². The lowest BCUT2D eigenvalue weighted by atomic mass is 9.78. The third-order valence-corrected chi connectivity index (χ3v) is 4.72. The van der Waals surface area contributed by atoms with Crippen LogP contribution in [0.2, 0.25) is 5.02 Å². The second kappa shape index (κ2) is 6.75. The first kappa shape index (κ1) is 16.2. The van der Waals surface area contributed by atoms with Crippen LogP contribution in [0, 0.1) is 5.82 Å². The summed E-state index contributed by atoms with van der Waals surface area (Å²) in [6.45, 7) is 0.375. The molecule has 0 heterocycles. The molecule has 0 atom stereocenters. The van der Waals surface area contributed by atoms with Gasteiger partial charge < -0.3 is 5.11 Å². The van der Waals surface area contributed by atoms with Crippen molar-refractivity contribution in [1.29, 1.82) is 0 Å².